The first-order chi connectivity index (χ1) is 8.16. The number of nitrogens with zero attached hydrogens (tertiary/aromatic N) is 1. The zero-order valence-electron chi connectivity index (χ0n) is 9.74. The molecule has 1 aliphatic rings. The van der Waals surface area contributed by atoms with Gasteiger partial charge in [-0.05, 0) is 37.1 Å². The second kappa shape index (κ2) is 4.29. The van der Waals surface area contributed by atoms with Crippen LogP contribution in [0.1, 0.15) is 26.2 Å². The summed E-state index contributed by atoms with van der Waals surface area (Å²) in [6, 6.07) is 8.44. The summed E-state index contributed by atoms with van der Waals surface area (Å²) in [4.78, 5) is 5.78. The number of hydrogen-bond donors (Lipinski definition) is 0. The molecule has 0 bridgehead atoms. The Balaban J connectivity index is 2.06. The zero-order chi connectivity index (χ0) is 11.9. The SMILES string of the molecule is CC1(Sc2ccnc3ccc(Br)cc23)CCC1. The third kappa shape index (κ3) is 2.23. The van der Waals surface area contributed by atoms with Gasteiger partial charge in [0.15, 0.2) is 0 Å². The lowest BCUT2D eigenvalue weighted by Crippen LogP contribution is -2.28. The molecule has 3 heteroatoms. The van der Waals surface area contributed by atoms with Crippen LogP contribution in [-0.2, 0) is 0 Å². The molecule has 0 saturated heterocycles. The summed E-state index contributed by atoms with van der Waals surface area (Å²) in [5.41, 5.74) is 1.08. The van der Waals surface area contributed by atoms with Crippen LogP contribution in [0.5, 0.6) is 0 Å². The Morgan fingerprint density at radius 3 is 2.82 bits per heavy atom. The molecule has 0 N–H and O–H groups in total. The van der Waals surface area contributed by atoms with E-state index in [2.05, 4.69) is 52.1 Å². The molecule has 1 aromatic heterocycles. The molecular weight excluding hydrogens is 294 g/mol. The van der Waals surface area contributed by atoms with Crippen LogP contribution in [0.2, 0.25) is 0 Å². The van der Waals surface area contributed by atoms with E-state index in [4.69, 9.17) is 0 Å². The number of pyridine rings is 1. The third-order valence-corrected chi connectivity index (χ3v) is 5.40. The van der Waals surface area contributed by atoms with Crippen LogP contribution in [0, 0.1) is 0 Å². The van der Waals surface area contributed by atoms with Gasteiger partial charge < -0.3 is 0 Å². The van der Waals surface area contributed by atoms with Gasteiger partial charge in [0.25, 0.3) is 0 Å². The second-order valence-corrected chi connectivity index (χ2v) is 7.42. The number of thioether (sulfide) groups is 1. The second-order valence-electron chi connectivity index (χ2n) is 4.88. The Morgan fingerprint density at radius 1 is 1.29 bits per heavy atom. The van der Waals surface area contributed by atoms with E-state index in [0.717, 1.165) is 9.99 Å². The van der Waals surface area contributed by atoms with E-state index < -0.39 is 0 Å². The average Bonchev–Trinajstić information content (AvgIpc) is 2.28. The molecule has 0 amide bonds. The van der Waals surface area contributed by atoms with Crippen molar-refractivity contribution in [1.82, 2.24) is 4.98 Å². The lowest BCUT2D eigenvalue weighted by molar-refractivity contribution is 0.392. The maximum atomic E-state index is 4.42. The fraction of sp³-hybridized carbons (Fsp3) is 0.357. The highest BCUT2D eigenvalue weighted by atomic mass is 79.9. The summed E-state index contributed by atoms with van der Waals surface area (Å²) in [6.07, 6.45) is 5.95. The van der Waals surface area contributed by atoms with Gasteiger partial charge in [0.2, 0.25) is 0 Å². The fourth-order valence-corrected chi connectivity index (χ4v) is 4.01. The van der Waals surface area contributed by atoms with E-state index in [1.165, 1.54) is 29.5 Å². The molecule has 2 aromatic rings. The normalized spacial score (nSPS) is 18.0. The smallest absolute Gasteiger partial charge is 0.0714 e. The maximum absolute atomic E-state index is 4.42. The monoisotopic (exact) mass is 307 g/mol. The Kier molecular flexibility index (Phi) is 2.91. The van der Waals surface area contributed by atoms with Crippen molar-refractivity contribution in [3.8, 4) is 0 Å². The first-order valence-electron chi connectivity index (χ1n) is 5.90. The van der Waals surface area contributed by atoms with Gasteiger partial charge in [0.05, 0.1) is 5.52 Å². The first-order valence-corrected chi connectivity index (χ1v) is 7.51. The molecule has 88 valence electrons. The van der Waals surface area contributed by atoms with Crippen molar-refractivity contribution in [2.24, 2.45) is 0 Å². The quantitative estimate of drug-likeness (QED) is 0.771. The molecule has 0 unspecified atom stereocenters. The van der Waals surface area contributed by atoms with Crippen molar-refractivity contribution >= 4 is 38.6 Å². The summed E-state index contributed by atoms with van der Waals surface area (Å²) < 4.78 is 1.56. The van der Waals surface area contributed by atoms with Crippen LogP contribution in [0.4, 0.5) is 0 Å². The van der Waals surface area contributed by atoms with Crippen molar-refractivity contribution in [2.75, 3.05) is 0 Å². The largest absolute Gasteiger partial charge is 0.256 e. The number of benzene rings is 1. The number of rotatable bonds is 2. The van der Waals surface area contributed by atoms with Gasteiger partial charge in [-0.15, -0.1) is 11.8 Å². The van der Waals surface area contributed by atoms with Crippen LogP contribution in [0.25, 0.3) is 10.9 Å². The van der Waals surface area contributed by atoms with E-state index in [1.807, 2.05) is 18.0 Å². The Labute approximate surface area is 114 Å². The topological polar surface area (TPSA) is 12.9 Å². The molecule has 1 aliphatic carbocycles. The van der Waals surface area contributed by atoms with Crippen molar-refractivity contribution in [1.29, 1.82) is 0 Å². The highest BCUT2D eigenvalue weighted by molar-refractivity contribution is 9.10. The molecule has 1 saturated carbocycles. The Morgan fingerprint density at radius 2 is 2.12 bits per heavy atom. The predicted octanol–water partition coefficient (Wildman–Crippen LogP) is 5.03. The van der Waals surface area contributed by atoms with Gasteiger partial charge in [-0.1, -0.05) is 29.3 Å². The number of aromatic nitrogens is 1. The lowest BCUT2D eigenvalue weighted by Gasteiger charge is -2.37. The van der Waals surface area contributed by atoms with Crippen LogP contribution in [-0.4, -0.2) is 9.73 Å². The minimum Gasteiger partial charge on any atom is -0.256 e. The first kappa shape index (κ1) is 11.5. The van der Waals surface area contributed by atoms with Gasteiger partial charge >= 0.3 is 0 Å². The van der Waals surface area contributed by atoms with Gasteiger partial charge in [-0.2, -0.15) is 0 Å². The zero-order valence-corrected chi connectivity index (χ0v) is 12.1. The van der Waals surface area contributed by atoms with Crippen molar-refractivity contribution < 1.29 is 0 Å². The summed E-state index contributed by atoms with van der Waals surface area (Å²) >= 11 is 5.55. The highest BCUT2D eigenvalue weighted by Crippen LogP contribution is 2.48. The van der Waals surface area contributed by atoms with Crippen molar-refractivity contribution in [3.63, 3.8) is 0 Å². The maximum Gasteiger partial charge on any atom is 0.0714 e. The standard InChI is InChI=1S/C14H14BrNS/c1-14(6-2-7-14)17-13-5-8-16-12-4-3-10(15)9-11(12)13/h3-5,8-9H,2,6-7H2,1H3. The molecule has 0 atom stereocenters. The summed E-state index contributed by atoms with van der Waals surface area (Å²) in [5, 5.41) is 1.26. The molecule has 1 nitrogen and oxygen atoms in total. The lowest BCUT2D eigenvalue weighted by atomic mass is 9.86. The molecule has 1 fully saturated rings. The number of fused-ring (bicyclic) bond motifs is 1. The van der Waals surface area contributed by atoms with Gasteiger partial charge in [-0.3, -0.25) is 4.98 Å². The van der Waals surface area contributed by atoms with Gasteiger partial charge in [-0.25, -0.2) is 0 Å². The predicted molar refractivity (Wildman–Crippen MR) is 77.6 cm³/mol. The Bertz CT molecular complexity index is 563. The van der Waals surface area contributed by atoms with E-state index >= 15 is 0 Å². The van der Waals surface area contributed by atoms with Crippen LogP contribution in [0.15, 0.2) is 39.8 Å². The number of hydrogen-bond acceptors (Lipinski definition) is 2. The molecule has 3 rings (SSSR count). The summed E-state index contributed by atoms with van der Waals surface area (Å²) in [7, 11) is 0. The highest BCUT2D eigenvalue weighted by Gasteiger charge is 2.33. The van der Waals surface area contributed by atoms with Crippen LogP contribution >= 0.6 is 27.7 Å². The summed E-state index contributed by atoms with van der Waals surface area (Å²) in [6.45, 7) is 2.37. The Hall–Kier alpha value is -0.540. The molecule has 17 heavy (non-hydrogen) atoms. The van der Waals surface area contributed by atoms with E-state index in [0.29, 0.717) is 4.75 Å². The molecular formula is C14H14BrNS. The van der Waals surface area contributed by atoms with E-state index in [9.17, 15) is 0 Å². The van der Waals surface area contributed by atoms with Gasteiger partial charge in [0.1, 0.15) is 0 Å². The van der Waals surface area contributed by atoms with Gasteiger partial charge in [0, 0.05) is 25.7 Å². The van der Waals surface area contributed by atoms with E-state index in [-0.39, 0.29) is 0 Å². The summed E-state index contributed by atoms with van der Waals surface area (Å²) in [5.74, 6) is 0. The van der Waals surface area contributed by atoms with Crippen LogP contribution < -0.4 is 0 Å². The third-order valence-electron chi connectivity index (χ3n) is 3.43. The van der Waals surface area contributed by atoms with Crippen molar-refractivity contribution in [2.45, 2.75) is 35.8 Å². The van der Waals surface area contributed by atoms with Crippen molar-refractivity contribution in [3.05, 3.63) is 34.9 Å². The fourth-order valence-electron chi connectivity index (χ4n) is 2.22. The minimum absolute atomic E-state index is 0.441. The average molecular weight is 308 g/mol. The molecule has 1 heterocycles. The molecule has 0 aliphatic heterocycles. The molecule has 1 aromatic carbocycles. The molecule has 0 radical (unpaired) electrons. The molecule has 0 spiro atoms. The minimum atomic E-state index is 0.441. The van der Waals surface area contributed by atoms with Crippen LogP contribution in [0.3, 0.4) is 0 Å². The van der Waals surface area contributed by atoms with E-state index in [1.54, 1.807) is 0 Å². The number of halogens is 1.